The molecule has 1 atom stereocenters. The van der Waals surface area contributed by atoms with Crippen LogP contribution in [0.15, 0.2) is 42.5 Å². The van der Waals surface area contributed by atoms with E-state index in [1.54, 1.807) is 49.6 Å². The number of rotatable bonds is 7. The molecule has 4 rings (SSSR count). The number of benzene rings is 2. The molecule has 1 saturated carbocycles. The second-order valence-corrected chi connectivity index (χ2v) is 7.68. The first-order chi connectivity index (χ1) is 14.5. The van der Waals surface area contributed by atoms with Crippen LogP contribution < -0.4 is 15.2 Å². The van der Waals surface area contributed by atoms with Crippen LogP contribution in [0, 0.1) is 0 Å². The van der Waals surface area contributed by atoms with Gasteiger partial charge in [0, 0.05) is 10.8 Å². The molecule has 1 fully saturated rings. The first-order valence-electron chi connectivity index (χ1n) is 10.1. The van der Waals surface area contributed by atoms with Crippen molar-refractivity contribution in [2.45, 2.75) is 44.2 Å². The Kier molecular flexibility index (Phi) is 5.44. The zero-order valence-electron chi connectivity index (χ0n) is 16.9. The topological polar surface area (TPSA) is 107 Å². The van der Waals surface area contributed by atoms with E-state index in [1.165, 1.54) is 4.57 Å². The van der Waals surface area contributed by atoms with Gasteiger partial charge in [0.05, 0.1) is 25.7 Å². The molecular weight excluding hydrogens is 384 g/mol. The molecule has 7 nitrogen and oxygen atoms in total. The second kappa shape index (κ2) is 8.18. The van der Waals surface area contributed by atoms with Crippen molar-refractivity contribution >= 4 is 16.7 Å². The van der Waals surface area contributed by atoms with Gasteiger partial charge in [0.15, 0.2) is 11.5 Å². The Morgan fingerprint density at radius 2 is 1.73 bits per heavy atom. The molecule has 4 N–H and O–H groups in total. The Morgan fingerprint density at radius 3 is 2.30 bits per heavy atom. The number of primary amides is 1. The standard InChI is InChI=1S/C23H26N2O5/c1-29-19-11-10-14(12-20(19)30-15-6-2-3-7-15)18(13-21(24)26)25-22(27)16-8-4-5-9-17(16)23(25)28/h4-5,8-12,15,18,27-28H,2-3,6-7,13H2,1H3,(H2,24,26). The van der Waals surface area contributed by atoms with Gasteiger partial charge >= 0.3 is 0 Å². The Morgan fingerprint density at radius 1 is 1.10 bits per heavy atom. The lowest BCUT2D eigenvalue weighted by molar-refractivity contribution is -0.118. The third-order valence-electron chi connectivity index (χ3n) is 5.74. The number of hydrogen-bond donors (Lipinski definition) is 3. The number of ether oxygens (including phenoxy) is 2. The molecule has 0 saturated heterocycles. The van der Waals surface area contributed by atoms with Crippen molar-refractivity contribution in [3.05, 3.63) is 48.0 Å². The van der Waals surface area contributed by atoms with Crippen molar-refractivity contribution in [1.29, 1.82) is 0 Å². The zero-order chi connectivity index (χ0) is 21.3. The number of hydrogen-bond acceptors (Lipinski definition) is 5. The van der Waals surface area contributed by atoms with E-state index in [0.717, 1.165) is 25.7 Å². The van der Waals surface area contributed by atoms with Crippen LogP contribution in [-0.4, -0.2) is 33.9 Å². The lowest BCUT2D eigenvalue weighted by Gasteiger charge is -2.22. The van der Waals surface area contributed by atoms with Crippen LogP contribution >= 0.6 is 0 Å². The Hall–Kier alpha value is -3.35. The number of amides is 1. The first kappa shape index (κ1) is 19.9. The van der Waals surface area contributed by atoms with E-state index in [-0.39, 0.29) is 24.3 Å². The van der Waals surface area contributed by atoms with E-state index in [0.29, 0.717) is 27.8 Å². The summed E-state index contributed by atoms with van der Waals surface area (Å²) in [7, 11) is 1.58. The molecule has 0 aliphatic heterocycles. The van der Waals surface area contributed by atoms with Gasteiger partial charge in [-0.3, -0.25) is 9.36 Å². The summed E-state index contributed by atoms with van der Waals surface area (Å²) in [5, 5.41) is 22.6. The molecule has 7 heteroatoms. The maximum absolute atomic E-state index is 11.9. The predicted octanol–water partition coefficient (Wildman–Crippen LogP) is 3.85. The molecule has 2 aromatic carbocycles. The Bertz CT molecular complexity index is 1030. The van der Waals surface area contributed by atoms with E-state index >= 15 is 0 Å². The number of fused-ring (bicyclic) bond motifs is 1. The quantitative estimate of drug-likeness (QED) is 0.548. The molecule has 0 radical (unpaired) electrons. The van der Waals surface area contributed by atoms with Crippen LogP contribution in [0.25, 0.3) is 10.8 Å². The van der Waals surface area contributed by atoms with Gasteiger partial charge in [-0.05, 0) is 55.5 Å². The Balaban J connectivity index is 1.81. The average molecular weight is 410 g/mol. The predicted molar refractivity (Wildman–Crippen MR) is 113 cm³/mol. The number of nitrogens with zero attached hydrogens (tertiary/aromatic N) is 1. The fourth-order valence-corrected chi connectivity index (χ4v) is 4.26. The lowest BCUT2D eigenvalue weighted by atomic mass is 10.0. The minimum absolute atomic E-state index is 0.0999. The normalized spacial score (nSPS) is 15.4. The highest BCUT2D eigenvalue weighted by Crippen LogP contribution is 2.43. The van der Waals surface area contributed by atoms with Crippen LogP contribution in [0.2, 0.25) is 0 Å². The summed E-state index contributed by atoms with van der Waals surface area (Å²) in [6.07, 6.45) is 4.27. The zero-order valence-corrected chi connectivity index (χ0v) is 16.9. The van der Waals surface area contributed by atoms with Gasteiger partial charge in [0.25, 0.3) is 0 Å². The molecule has 1 amide bonds. The third-order valence-corrected chi connectivity index (χ3v) is 5.74. The van der Waals surface area contributed by atoms with Crippen LogP contribution in [-0.2, 0) is 4.79 Å². The average Bonchev–Trinajstić information content (AvgIpc) is 3.33. The summed E-state index contributed by atoms with van der Waals surface area (Å²) >= 11 is 0. The van der Waals surface area contributed by atoms with E-state index in [9.17, 15) is 15.0 Å². The number of aromatic hydroxyl groups is 2. The molecule has 1 heterocycles. The van der Waals surface area contributed by atoms with Crippen LogP contribution in [0.3, 0.4) is 0 Å². The largest absolute Gasteiger partial charge is 0.494 e. The summed E-state index contributed by atoms with van der Waals surface area (Å²) in [5.41, 5.74) is 6.19. The second-order valence-electron chi connectivity index (χ2n) is 7.68. The fraction of sp³-hybridized carbons (Fsp3) is 0.348. The van der Waals surface area contributed by atoms with Gasteiger partial charge in [0.2, 0.25) is 17.7 Å². The number of carbonyl (C=O) groups is 1. The molecule has 158 valence electrons. The van der Waals surface area contributed by atoms with Crippen molar-refractivity contribution in [3.63, 3.8) is 0 Å². The van der Waals surface area contributed by atoms with Gasteiger partial charge in [-0.25, -0.2) is 0 Å². The van der Waals surface area contributed by atoms with Crippen molar-refractivity contribution in [2.75, 3.05) is 7.11 Å². The number of aromatic nitrogens is 1. The lowest BCUT2D eigenvalue weighted by Crippen LogP contribution is -2.20. The summed E-state index contributed by atoms with van der Waals surface area (Å²) in [5.74, 6) is 0.374. The maximum Gasteiger partial charge on any atom is 0.219 e. The van der Waals surface area contributed by atoms with Crippen molar-refractivity contribution in [2.24, 2.45) is 5.73 Å². The SMILES string of the molecule is COc1ccc(C(CC(N)=O)n2c(O)c3ccccc3c2O)cc1OC1CCCC1. The van der Waals surface area contributed by atoms with Crippen molar-refractivity contribution in [1.82, 2.24) is 4.57 Å². The molecule has 0 spiro atoms. The van der Waals surface area contributed by atoms with Crippen molar-refractivity contribution in [3.8, 4) is 23.3 Å². The van der Waals surface area contributed by atoms with E-state index in [2.05, 4.69) is 0 Å². The van der Waals surface area contributed by atoms with Crippen molar-refractivity contribution < 1.29 is 24.5 Å². The first-order valence-corrected chi connectivity index (χ1v) is 10.1. The monoisotopic (exact) mass is 410 g/mol. The number of nitrogens with two attached hydrogens (primary N) is 1. The van der Waals surface area contributed by atoms with Crippen LogP contribution in [0.5, 0.6) is 23.3 Å². The summed E-state index contributed by atoms with van der Waals surface area (Å²) in [4.78, 5) is 11.9. The number of methoxy groups -OCH3 is 1. The molecule has 1 aliphatic carbocycles. The summed E-state index contributed by atoms with van der Waals surface area (Å²) in [6.45, 7) is 0. The fourth-order valence-electron chi connectivity index (χ4n) is 4.26. The molecule has 1 unspecified atom stereocenters. The molecule has 30 heavy (non-hydrogen) atoms. The highest BCUT2D eigenvalue weighted by atomic mass is 16.5. The highest BCUT2D eigenvalue weighted by Gasteiger charge is 2.27. The van der Waals surface area contributed by atoms with Gasteiger partial charge in [-0.2, -0.15) is 0 Å². The molecule has 0 bridgehead atoms. The summed E-state index contributed by atoms with van der Waals surface area (Å²) < 4.78 is 13.0. The van der Waals surface area contributed by atoms with Gasteiger partial charge in [-0.15, -0.1) is 0 Å². The summed E-state index contributed by atoms with van der Waals surface area (Å²) in [6, 6.07) is 11.6. The van der Waals surface area contributed by atoms with E-state index < -0.39 is 11.9 Å². The van der Waals surface area contributed by atoms with Crippen LogP contribution in [0.1, 0.15) is 43.7 Å². The smallest absolute Gasteiger partial charge is 0.219 e. The Labute approximate surface area is 174 Å². The van der Waals surface area contributed by atoms with E-state index in [4.69, 9.17) is 15.2 Å². The minimum Gasteiger partial charge on any atom is -0.494 e. The highest BCUT2D eigenvalue weighted by molar-refractivity contribution is 5.93. The molecule has 1 aromatic heterocycles. The van der Waals surface area contributed by atoms with E-state index in [1.807, 2.05) is 0 Å². The minimum atomic E-state index is -0.702. The third kappa shape index (κ3) is 3.63. The van der Waals surface area contributed by atoms with Gasteiger partial charge in [0.1, 0.15) is 0 Å². The number of carbonyl (C=O) groups excluding carboxylic acids is 1. The van der Waals surface area contributed by atoms with Gasteiger partial charge < -0.3 is 25.4 Å². The molecule has 1 aliphatic rings. The molecule has 3 aromatic rings. The maximum atomic E-state index is 11.9. The van der Waals surface area contributed by atoms with Gasteiger partial charge in [-0.1, -0.05) is 18.2 Å². The van der Waals surface area contributed by atoms with Crippen LogP contribution in [0.4, 0.5) is 0 Å². The molecular formula is C23H26N2O5.